The molecular weight excluding hydrogens is 342 g/mol. The van der Waals surface area contributed by atoms with Crippen molar-refractivity contribution in [3.05, 3.63) is 29.3 Å². The van der Waals surface area contributed by atoms with Gasteiger partial charge in [0.15, 0.2) is 17.0 Å². The molecule has 2 aromatic heterocycles. The van der Waals surface area contributed by atoms with Crippen LogP contribution in [0.25, 0.3) is 11.2 Å². The van der Waals surface area contributed by atoms with Crippen LogP contribution in [0.15, 0.2) is 24.3 Å². The second-order valence-electron chi connectivity index (χ2n) is 6.09. The number of hydrogen-bond acceptors (Lipinski definition) is 7. The van der Waals surface area contributed by atoms with Gasteiger partial charge < -0.3 is 15.7 Å². The van der Waals surface area contributed by atoms with Gasteiger partial charge in [-0.15, -0.1) is 5.10 Å². The highest BCUT2D eigenvalue weighted by Gasteiger charge is 2.17. The molecular formula is C16H20ClN7O. The molecule has 0 fully saturated rings. The standard InChI is InChI=1S/C16H20ClN7O/c1-9(2)12(8-25)19-16-20-14(13-15(21-16)24(3)23-22-13)18-11-6-4-10(17)5-7-11/h4-7,9,12,25H,8H2,1-3H3,(H2,18,19,20,21). The summed E-state index contributed by atoms with van der Waals surface area (Å²) in [7, 11) is 1.77. The molecule has 0 saturated heterocycles. The predicted molar refractivity (Wildman–Crippen MR) is 98.2 cm³/mol. The van der Waals surface area contributed by atoms with Crippen molar-refractivity contribution in [2.75, 3.05) is 17.2 Å². The Morgan fingerprint density at radius 2 is 1.92 bits per heavy atom. The van der Waals surface area contributed by atoms with Crippen molar-refractivity contribution in [1.29, 1.82) is 0 Å². The summed E-state index contributed by atoms with van der Waals surface area (Å²) in [6, 6.07) is 7.13. The highest BCUT2D eigenvalue weighted by atomic mass is 35.5. The fourth-order valence-corrected chi connectivity index (χ4v) is 2.45. The topological polar surface area (TPSA) is 101 Å². The molecule has 0 aliphatic rings. The Morgan fingerprint density at radius 3 is 2.56 bits per heavy atom. The van der Waals surface area contributed by atoms with E-state index in [4.69, 9.17) is 11.6 Å². The third-order valence-electron chi connectivity index (χ3n) is 3.87. The lowest BCUT2D eigenvalue weighted by atomic mass is 10.1. The lowest BCUT2D eigenvalue weighted by molar-refractivity contribution is 0.248. The van der Waals surface area contributed by atoms with Crippen molar-refractivity contribution < 1.29 is 5.11 Å². The van der Waals surface area contributed by atoms with E-state index in [2.05, 4.69) is 30.9 Å². The molecule has 1 unspecified atom stereocenters. The number of anilines is 3. The van der Waals surface area contributed by atoms with Crippen molar-refractivity contribution in [3.8, 4) is 0 Å². The number of aliphatic hydroxyl groups is 1. The van der Waals surface area contributed by atoms with Gasteiger partial charge in [-0.1, -0.05) is 30.7 Å². The van der Waals surface area contributed by atoms with Gasteiger partial charge >= 0.3 is 0 Å². The van der Waals surface area contributed by atoms with Gasteiger partial charge in [-0.2, -0.15) is 9.97 Å². The number of hydrogen-bond donors (Lipinski definition) is 3. The quantitative estimate of drug-likeness (QED) is 0.620. The molecule has 1 aromatic carbocycles. The van der Waals surface area contributed by atoms with E-state index in [1.165, 1.54) is 0 Å². The van der Waals surface area contributed by atoms with E-state index < -0.39 is 0 Å². The highest BCUT2D eigenvalue weighted by Crippen LogP contribution is 2.24. The summed E-state index contributed by atoms with van der Waals surface area (Å²) < 4.78 is 1.58. The molecule has 3 N–H and O–H groups in total. The van der Waals surface area contributed by atoms with Gasteiger partial charge in [0.1, 0.15) is 0 Å². The fraction of sp³-hybridized carbons (Fsp3) is 0.375. The van der Waals surface area contributed by atoms with Gasteiger partial charge in [0.25, 0.3) is 0 Å². The summed E-state index contributed by atoms with van der Waals surface area (Å²) in [5.74, 6) is 1.16. The van der Waals surface area contributed by atoms with Crippen LogP contribution in [0.1, 0.15) is 13.8 Å². The van der Waals surface area contributed by atoms with Gasteiger partial charge in [-0.05, 0) is 30.2 Å². The van der Waals surface area contributed by atoms with Gasteiger partial charge in [0, 0.05) is 17.8 Å². The van der Waals surface area contributed by atoms with Crippen LogP contribution in [0.2, 0.25) is 5.02 Å². The number of nitrogens with zero attached hydrogens (tertiary/aromatic N) is 5. The van der Waals surface area contributed by atoms with E-state index in [0.29, 0.717) is 28.0 Å². The lowest BCUT2D eigenvalue weighted by Gasteiger charge is -2.20. The van der Waals surface area contributed by atoms with Crippen LogP contribution >= 0.6 is 11.6 Å². The first kappa shape index (κ1) is 17.4. The molecule has 8 nitrogen and oxygen atoms in total. The molecule has 0 spiro atoms. The van der Waals surface area contributed by atoms with Gasteiger partial charge in [-0.25, -0.2) is 4.68 Å². The Bertz CT molecular complexity index is 863. The average Bonchev–Trinajstić information content (AvgIpc) is 2.96. The Morgan fingerprint density at radius 1 is 1.20 bits per heavy atom. The van der Waals surface area contributed by atoms with E-state index in [1.807, 2.05) is 26.0 Å². The highest BCUT2D eigenvalue weighted by molar-refractivity contribution is 6.30. The van der Waals surface area contributed by atoms with E-state index in [0.717, 1.165) is 5.69 Å². The summed E-state index contributed by atoms with van der Waals surface area (Å²) in [4.78, 5) is 8.97. The molecule has 0 radical (unpaired) electrons. The molecule has 0 saturated carbocycles. The van der Waals surface area contributed by atoms with Crippen molar-refractivity contribution in [1.82, 2.24) is 25.0 Å². The Kier molecular flexibility index (Phi) is 5.00. The van der Waals surface area contributed by atoms with Crippen LogP contribution in [-0.4, -0.2) is 42.7 Å². The maximum Gasteiger partial charge on any atom is 0.227 e. The van der Waals surface area contributed by atoms with E-state index in [1.54, 1.807) is 23.9 Å². The molecule has 0 bridgehead atoms. The van der Waals surface area contributed by atoms with Gasteiger partial charge in [-0.3, -0.25) is 0 Å². The molecule has 0 aliphatic carbocycles. The maximum atomic E-state index is 9.54. The second-order valence-corrected chi connectivity index (χ2v) is 6.53. The minimum Gasteiger partial charge on any atom is -0.394 e. The summed E-state index contributed by atoms with van der Waals surface area (Å²) in [6.07, 6.45) is 0. The molecule has 1 atom stereocenters. The van der Waals surface area contributed by atoms with Crippen LogP contribution in [-0.2, 0) is 7.05 Å². The van der Waals surface area contributed by atoms with E-state index >= 15 is 0 Å². The lowest BCUT2D eigenvalue weighted by Crippen LogP contribution is -2.30. The smallest absolute Gasteiger partial charge is 0.227 e. The van der Waals surface area contributed by atoms with Crippen molar-refractivity contribution in [3.63, 3.8) is 0 Å². The average molecular weight is 362 g/mol. The Labute approximate surface area is 150 Å². The summed E-state index contributed by atoms with van der Waals surface area (Å²) in [5.41, 5.74) is 1.98. The Hall–Kier alpha value is -2.45. The molecule has 9 heteroatoms. The zero-order valence-electron chi connectivity index (χ0n) is 14.2. The largest absolute Gasteiger partial charge is 0.394 e. The van der Waals surface area contributed by atoms with Crippen LogP contribution in [0.5, 0.6) is 0 Å². The third kappa shape index (κ3) is 3.80. The number of halogens is 1. The fourth-order valence-electron chi connectivity index (χ4n) is 2.33. The number of aromatic nitrogens is 5. The van der Waals surface area contributed by atoms with Crippen LogP contribution in [0, 0.1) is 5.92 Å². The van der Waals surface area contributed by atoms with Gasteiger partial charge in [0.05, 0.1) is 12.6 Å². The maximum absolute atomic E-state index is 9.54. The van der Waals surface area contributed by atoms with Crippen molar-refractivity contribution in [2.24, 2.45) is 13.0 Å². The van der Waals surface area contributed by atoms with Crippen LogP contribution in [0.3, 0.4) is 0 Å². The first-order valence-electron chi connectivity index (χ1n) is 7.95. The zero-order chi connectivity index (χ0) is 18.0. The Balaban J connectivity index is 1.99. The molecule has 132 valence electrons. The number of fused-ring (bicyclic) bond motifs is 1. The monoisotopic (exact) mass is 361 g/mol. The van der Waals surface area contributed by atoms with E-state index in [-0.39, 0.29) is 18.6 Å². The first-order valence-corrected chi connectivity index (χ1v) is 8.33. The summed E-state index contributed by atoms with van der Waals surface area (Å²) >= 11 is 5.93. The third-order valence-corrected chi connectivity index (χ3v) is 4.13. The van der Waals surface area contributed by atoms with Gasteiger partial charge in [0.2, 0.25) is 5.95 Å². The molecule has 3 rings (SSSR count). The number of aryl methyl sites for hydroxylation is 1. The summed E-state index contributed by atoms with van der Waals surface area (Å²) in [6.45, 7) is 4.03. The minimum atomic E-state index is -0.151. The zero-order valence-corrected chi connectivity index (χ0v) is 15.0. The number of nitrogens with one attached hydrogen (secondary N) is 2. The molecule has 25 heavy (non-hydrogen) atoms. The number of rotatable bonds is 6. The summed E-state index contributed by atoms with van der Waals surface area (Å²) in [5, 5.41) is 24.7. The number of benzene rings is 1. The number of aliphatic hydroxyl groups excluding tert-OH is 1. The van der Waals surface area contributed by atoms with Crippen molar-refractivity contribution >= 4 is 40.2 Å². The minimum absolute atomic E-state index is 0.0113. The first-order chi connectivity index (χ1) is 12.0. The predicted octanol–water partition coefficient (Wildman–Crippen LogP) is 2.58. The molecule has 0 amide bonds. The second kappa shape index (κ2) is 7.20. The SMILES string of the molecule is CC(C)C(CO)Nc1nc(Nc2ccc(Cl)cc2)c2nnn(C)c2n1. The molecule has 0 aliphatic heterocycles. The van der Waals surface area contributed by atoms with E-state index in [9.17, 15) is 5.11 Å². The molecule has 3 aromatic rings. The van der Waals surface area contributed by atoms with Crippen molar-refractivity contribution in [2.45, 2.75) is 19.9 Å². The molecule has 2 heterocycles. The van der Waals surface area contributed by atoms with Crippen LogP contribution < -0.4 is 10.6 Å². The normalized spacial score (nSPS) is 12.6. The van der Waals surface area contributed by atoms with Crippen LogP contribution in [0.4, 0.5) is 17.5 Å².